The lowest BCUT2D eigenvalue weighted by Crippen LogP contribution is -2.50. The third-order valence-electron chi connectivity index (χ3n) is 10.3. The number of rotatable bonds is 11. The zero-order valence-corrected chi connectivity index (χ0v) is 31.7. The number of esters is 1. The summed E-state index contributed by atoms with van der Waals surface area (Å²) in [5.74, 6) is -1.40. The molecule has 53 heavy (non-hydrogen) atoms. The molecule has 0 aliphatic carbocycles. The summed E-state index contributed by atoms with van der Waals surface area (Å²) in [6.07, 6.45) is 2.93. The Bertz CT molecular complexity index is 1590. The van der Waals surface area contributed by atoms with Gasteiger partial charge in [0.05, 0.1) is 19.7 Å². The molecule has 0 N–H and O–H groups in total. The van der Waals surface area contributed by atoms with Gasteiger partial charge in [-0.25, -0.2) is 13.6 Å². The predicted octanol–water partition coefficient (Wildman–Crippen LogP) is 5.14. The fourth-order valence-corrected chi connectivity index (χ4v) is 7.43. The zero-order valence-electron chi connectivity index (χ0n) is 31.7. The molecule has 0 aromatic heterocycles. The summed E-state index contributed by atoms with van der Waals surface area (Å²) >= 11 is 0. The molecule has 3 fully saturated rings. The van der Waals surface area contributed by atoms with Crippen molar-refractivity contribution >= 4 is 23.9 Å². The highest BCUT2D eigenvalue weighted by atomic mass is 19.1. The van der Waals surface area contributed by atoms with Gasteiger partial charge in [-0.3, -0.25) is 29.1 Å². The minimum absolute atomic E-state index is 0.00328. The summed E-state index contributed by atoms with van der Waals surface area (Å²) in [4.78, 5) is 61.6. The largest absolute Gasteiger partial charge is 0.465 e. The number of carbonyl (C=O) groups is 4. The molecule has 3 saturated heterocycles. The molecule has 290 valence electrons. The highest BCUT2D eigenvalue weighted by molar-refractivity contribution is 5.94. The number of piperidine rings is 2. The second kappa shape index (κ2) is 18.3. The molecule has 3 aliphatic heterocycles. The SMILES string of the molecule is CCOC(=O)CN1CCC(CN2CCN(C(=O)c3cccc(C4CCCN(C(=O)CN(Cc5ccc(F)cc5F)C(=O)OC(C)(C)C)C4)c3)CC2)CC1. The van der Waals surface area contributed by atoms with E-state index in [0.717, 1.165) is 81.0 Å². The van der Waals surface area contributed by atoms with Gasteiger partial charge in [-0.05, 0) is 96.1 Å². The lowest BCUT2D eigenvalue weighted by molar-refractivity contribution is -0.144. The van der Waals surface area contributed by atoms with E-state index in [2.05, 4.69) is 9.80 Å². The van der Waals surface area contributed by atoms with Crippen LogP contribution in [-0.2, 0) is 25.6 Å². The van der Waals surface area contributed by atoms with E-state index in [4.69, 9.17) is 9.47 Å². The Morgan fingerprint density at radius 2 is 1.60 bits per heavy atom. The van der Waals surface area contributed by atoms with E-state index in [9.17, 15) is 28.0 Å². The van der Waals surface area contributed by atoms with E-state index in [-0.39, 0.29) is 42.4 Å². The zero-order chi connectivity index (χ0) is 38.1. The summed E-state index contributed by atoms with van der Waals surface area (Å²) in [5, 5.41) is 0. The quantitative estimate of drug-likeness (QED) is 0.292. The number of ether oxygens (including phenoxy) is 2. The Hall–Kier alpha value is -4.10. The van der Waals surface area contributed by atoms with Crippen LogP contribution in [0.15, 0.2) is 42.5 Å². The number of benzene rings is 2. The Balaban J connectivity index is 1.13. The van der Waals surface area contributed by atoms with Crippen LogP contribution in [0.25, 0.3) is 0 Å². The molecule has 2 aromatic rings. The van der Waals surface area contributed by atoms with Gasteiger partial charge in [-0.1, -0.05) is 18.2 Å². The Kier molecular flexibility index (Phi) is 13.8. The maximum atomic E-state index is 14.6. The first-order valence-electron chi connectivity index (χ1n) is 19.0. The van der Waals surface area contributed by atoms with Crippen LogP contribution < -0.4 is 0 Å². The van der Waals surface area contributed by atoms with Crippen molar-refractivity contribution in [2.75, 3.05) is 78.6 Å². The molecule has 0 bridgehead atoms. The van der Waals surface area contributed by atoms with Gasteiger partial charge < -0.3 is 19.3 Å². The third-order valence-corrected chi connectivity index (χ3v) is 10.3. The Labute approximate surface area is 312 Å². The monoisotopic (exact) mass is 739 g/mol. The predicted molar refractivity (Wildman–Crippen MR) is 196 cm³/mol. The van der Waals surface area contributed by atoms with Crippen LogP contribution in [0.2, 0.25) is 0 Å². The number of halogens is 2. The fourth-order valence-electron chi connectivity index (χ4n) is 7.43. The van der Waals surface area contributed by atoms with E-state index >= 15 is 0 Å². The molecule has 3 amide bonds. The van der Waals surface area contributed by atoms with Gasteiger partial charge in [-0.2, -0.15) is 0 Å². The van der Waals surface area contributed by atoms with E-state index in [1.54, 1.807) is 25.7 Å². The number of nitrogens with zero attached hydrogens (tertiary/aromatic N) is 5. The van der Waals surface area contributed by atoms with Gasteiger partial charge >= 0.3 is 12.1 Å². The van der Waals surface area contributed by atoms with Crippen molar-refractivity contribution in [3.63, 3.8) is 0 Å². The van der Waals surface area contributed by atoms with Crippen molar-refractivity contribution in [1.29, 1.82) is 0 Å². The molecule has 0 saturated carbocycles. The molecule has 11 nitrogen and oxygen atoms in total. The first-order chi connectivity index (χ1) is 25.3. The number of hydrogen-bond acceptors (Lipinski definition) is 8. The molecule has 1 unspecified atom stereocenters. The molecule has 0 radical (unpaired) electrons. The van der Waals surface area contributed by atoms with E-state index in [1.165, 1.54) is 6.07 Å². The molecule has 2 aromatic carbocycles. The maximum Gasteiger partial charge on any atom is 0.411 e. The first-order valence-corrected chi connectivity index (χ1v) is 19.0. The van der Waals surface area contributed by atoms with Crippen molar-refractivity contribution in [2.24, 2.45) is 5.92 Å². The van der Waals surface area contributed by atoms with Crippen LogP contribution in [0.4, 0.5) is 13.6 Å². The normalized spacial score (nSPS) is 19.2. The van der Waals surface area contributed by atoms with Gasteiger partial charge in [0.25, 0.3) is 5.91 Å². The number of amides is 3. The summed E-state index contributed by atoms with van der Waals surface area (Å²) in [7, 11) is 0. The highest BCUT2D eigenvalue weighted by Gasteiger charge is 2.31. The van der Waals surface area contributed by atoms with Crippen molar-refractivity contribution < 1.29 is 37.4 Å². The van der Waals surface area contributed by atoms with Crippen molar-refractivity contribution in [3.05, 3.63) is 70.8 Å². The smallest absolute Gasteiger partial charge is 0.411 e. The number of hydrogen-bond donors (Lipinski definition) is 0. The number of carbonyl (C=O) groups excluding carboxylic acids is 4. The first kappa shape index (κ1) is 40.1. The molecular formula is C40H55F2N5O6. The molecule has 13 heteroatoms. The van der Waals surface area contributed by atoms with Crippen LogP contribution in [-0.4, -0.2) is 133 Å². The summed E-state index contributed by atoms with van der Waals surface area (Å²) in [6, 6.07) is 10.8. The number of piperazine rings is 1. The topological polar surface area (TPSA) is 103 Å². The summed E-state index contributed by atoms with van der Waals surface area (Å²) in [5.41, 5.74) is 0.858. The van der Waals surface area contributed by atoms with Crippen LogP contribution in [0.1, 0.15) is 80.8 Å². The summed E-state index contributed by atoms with van der Waals surface area (Å²) < 4.78 is 38.7. The lowest BCUT2D eigenvalue weighted by atomic mass is 9.89. The van der Waals surface area contributed by atoms with Crippen LogP contribution in [0.3, 0.4) is 0 Å². The number of likely N-dealkylation sites (tertiary alicyclic amines) is 2. The minimum atomic E-state index is -0.835. The van der Waals surface area contributed by atoms with E-state index in [1.807, 2.05) is 36.1 Å². The summed E-state index contributed by atoms with van der Waals surface area (Å²) in [6.45, 7) is 13.8. The van der Waals surface area contributed by atoms with Crippen LogP contribution in [0.5, 0.6) is 0 Å². The highest BCUT2D eigenvalue weighted by Crippen LogP contribution is 2.29. The molecule has 3 aliphatic rings. The Morgan fingerprint density at radius 1 is 0.868 bits per heavy atom. The van der Waals surface area contributed by atoms with Crippen molar-refractivity contribution in [3.8, 4) is 0 Å². The van der Waals surface area contributed by atoms with Gasteiger partial charge in [0.1, 0.15) is 23.8 Å². The standard InChI is InChI=1S/C40H55F2N5O6/c1-5-52-37(49)28-43-16-13-29(14-17-43)24-44-18-20-45(21-19-44)38(50)31-9-6-8-30(22-31)32-10-7-15-46(25-32)36(48)27-47(39(51)53-40(2,3)4)26-33-11-12-34(41)23-35(33)42/h6,8-9,11-12,22-23,29,32H,5,7,10,13-21,24-28H2,1-4H3. The minimum Gasteiger partial charge on any atom is -0.465 e. The average Bonchev–Trinajstić information content (AvgIpc) is 3.12. The second-order valence-corrected chi connectivity index (χ2v) is 15.5. The second-order valence-electron chi connectivity index (χ2n) is 15.5. The van der Waals surface area contributed by atoms with E-state index in [0.29, 0.717) is 50.8 Å². The molecule has 0 spiro atoms. The van der Waals surface area contributed by atoms with Crippen LogP contribution >= 0.6 is 0 Å². The van der Waals surface area contributed by atoms with Crippen molar-refractivity contribution in [1.82, 2.24) is 24.5 Å². The average molecular weight is 740 g/mol. The molecule has 3 heterocycles. The van der Waals surface area contributed by atoms with Gasteiger partial charge in [-0.15, -0.1) is 0 Å². The molecule has 1 atom stereocenters. The van der Waals surface area contributed by atoms with E-state index < -0.39 is 23.3 Å². The third kappa shape index (κ3) is 11.7. The fraction of sp³-hybridized carbons (Fsp3) is 0.600. The molecule has 5 rings (SSSR count). The van der Waals surface area contributed by atoms with Crippen LogP contribution in [0, 0.1) is 17.6 Å². The van der Waals surface area contributed by atoms with Crippen molar-refractivity contribution in [2.45, 2.75) is 71.4 Å². The van der Waals surface area contributed by atoms with Gasteiger partial charge in [0, 0.05) is 68.9 Å². The Morgan fingerprint density at radius 3 is 2.28 bits per heavy atom. The molecular weight excluding hydrogens is 684 g/mol. The maximum absolute atomic E-state index is 14.6. The van der Waals surface area contributed by atoms with Gasteiger partial charge in [0.2, 0.25) is 5.91 Å². The lowest BCUT2D eigenvalue weighted by Gasteiger charge is -2.38. The van der Waals surface area contributed by atoms with Gasteiger partial charge in [0.15, 0.2) is 0 Å².